The predicted octanol–water partition coefficient (Wildman–Crippen LogP) is 6.68. The Bertz CT molecular complexity index is 228. The molecule has 1 aliphatic rings. The van der Waals surface area contributed by atoms with Crippen molar-refractivity contribution in [1.29, 1.82) is 0 Å². The summed E-state index contributed by atoms with van der Waals surface area (Å²) < 4.78 is 0. The first-order valence-corrected chi connectivity index (χ1v) is 8.25. The van der Waals surface area contributed by atoms with Crippen molar-refractivity contribution in [3.8, 4) is 0 Å². The number of rotatable bonds is 0. The molecule has 0 fully saturated rings. The highest BCUT2D eigenvalue weighted by atomic mass is 13.9. The van der Waals surface area contributed by atoms with Crippen LogP contribution in [0.2, 0.25) is 0 Å². The molecule has 0 amide bonds. The largest absolute Gasteiger partial charge is 0.0882 e. The zero-order valence-electron chi connectivity index (χ0n) is 12.8. The lowest BCUT2D eigenvalue weighted by Crippen LogP contribution is -1.71. The third kappa shape index (κ3) is 11.8. The fourth-order valence-corrected chi connectivity index (χ4v) is 2.14. The van der Waals surface area contributed by atoms with Crippen molar-refractivity contribution in [3.05, 3.63) is 60.8 Å². The van der Waals surface area contributed by atoms with Gasteiger partial charge in [0.1, 0.15) is 0 Å². The highest BCUT2D eigenvalue weighted by Gasteiger charge is 1.83. The van der Waals surface area contributed by atoms with Crippen LogP contribution in [0.5, 0.6) is 0 Å². The van der Waals surface area contributed by atoms with Crippen LogP contribution in [0.15, 0.2) is 60.8 Å². The Morgan fingerprint density at radius 1 is 0.200 bits per heavy atom. The molecule has 0 heterocycles. The molecule has 0 radical (unpaired) electrons. The second-order valence-electron chi connectivity index (χ2n) is 5.24. The average Bonchev–Trinajstić information content (AvgIpc) is 2.46. The van der Waals surface area contributed by atoms with Crippen LogP contribution in [0, 0.1) is 0 Å². The lowest BCUT2D eigenvalue weighted by atomic mass is 10.1. The summed E-state index contributed by atoms with van der Waals surface area (Å²) in [6, 6.07) is 0. The molecule has 0 nitrogen and oxygen atoms in total. The van der Waals surface area contributed by atoms with Crippen molar-refractivity contribution in [2.45, 2.75) is 64.2 Å². The van der Waals surface area contributed by atoms with Gasteiger partial charge >= 0.3 is 0 Å². The van der Waals surface area contributed by atoms with Crippen molar-refractivity contribution >= 4 is 0 Å². The van der Waals surface area contributed by atoms with Crippen LogP contribution in [0.4, 0.5) is 0 Å². The average molecular weight is 270 g/mol. The number of hydrogen-bond acceptors (Lipinski definition) is 0. The molecule has 0 saturated carbocycles. The van der Waals surface area contributed by atoms with E-state index in [2.05, 4.69) is 60.8 Å². The predicted molar refractivity (Wildman–Crippen MR) is 91.9 cm³/mol. The molecule has 0 bridgehead atoms. The molecule has 0 heteroatoms. The number of hydrogen-bond donors (Lipinski definition) is 0. The summed E-state index contributed by atoms with van der Waals surface area (Å²) in [5, 5.41) is 0. The minimum Gasteiger partial charge on any atom is -0.0882 e. The van der Waals surface area contributed by atoms with Crippen LogP contribution in [0.25, 0.3) is 0 Å². The first-order valence-electron chi connectivity index (χ1n) is 8.25. The Balaban J connectivity index is 2.29. The topological polar surface area (TPSA) is 0 Å². The van der Waals surface area contributed by atoms with Gasteiger partial charge in [0, 0.05) is 0 Å². The molecule has 1 rings (SSSR count). The summed E-state index contributed by atoms with van der Waals surface area (Å²) in [4.78, 5) is 0. The van der Waals surface area contributed by atoms with Gasteiger partial charge in [0.25, 0.3) is 0 Å². The number of allylic oxidation sites excluding steroid dienone is 10. The molecule has 0 spiro atoms. The van der Waals surface area contributed by atoms with Crippen molar-refractivity contribution < 1.29 is 0 Å². The van der Waals surface area contributed by atoms with Gasteiger partial charge in [-0.1, -0.05) is 60.8 Å². The monoisotopic (exact) mass is 270 g/mol. The SMILES string of the molecule is C1=C\CC/C=C/CC/C=C/CC/C=C\CC/C=C/CC/1. The van der Waals surface area contributed by atoms with E-state index >= 15 is 0 Å². The normalized spacial score (nSPS) is 28.0. The van der Waals surface area contributed by atoms with Gasteiger partial charge in [-0.25, -0.2) is 0 Å². The molecule has 20 heavy (non-hydrogen) atoms. The highest BCUT2D eigenvalue weighted by molar-refractivity contribution is 4.94. The fourth-order valence-electron chi connectivity index (χ4n) is 2.14. The molecule has 0 aromatic rings. The Labute approximate surface area is 125 Å². The van der Waals surface area contributed by atoms with E-state index in [0.717, 1.165) is 0 Å². The lowest BCUT2D eigenvalue weighted by Gasteiger charge is -1.92. The fraction of sp³-hybridized carbons (Fsp3) is 0.500. The van der Waals surface area contributed by atoms with Gasteiger partial charge in [-0.15, -0.1) is 0 Å². The van der Waals surface area contributed by atoms with E-state index in [-0.39, 0.29) is 0 Å². The van der Waals surface area contributed by atoms with Crippen LogP contribution in [0.3, 0.4) is 0 Å². The molecule has 0 N–H and O–H groups in total. The van der Waals surface area contributed by atoms with Crippen LogP contribution in [-0.4, -0.2) is 0 Å². The van der Waals surface area contributed by atoms with Crippen LogP contribution >= 0.6 is 0 Å². The summed E-state index contributed by atoms with van der Waals surface area (Å²) in [5.41, 5.74) is 0. The standard InChI is InChI=1S/C20H30/c1-2-4-6-8-10-12-14-16-18-20-19-17-15-13-11-9-7-5-3-1/h1-2,7-10,15-18H,3-6,11-14,19-20H2/b2-1-,9-7+,10-8+,17-15-,18-16+. The van der Waals surface area contributed by atoms with E-state index in [1.807, 2.05) is 0 Å². The first kappa shape index (κ1) is 16.8. The first-order chi connectivity index (χ1) is 10.0. The van der Waals surface area contributed by atoms with Crippen LogP contribution < -0.4 is 0 Å². The second kappa shape index (κ2) is 14.1. The molecule has 0 unspecified atom stereocenters. The molecule has 0 aromatic heterocycles. The Morgan fingerprint density at radius 2 is 0.300 bits per heavy atom. The molecule has 0 atom stereocenters. The summed E-state index contributed by atoms with van der Waals surface area (Å²) in [5.74, 6) is 0. The van der Waals surface area contributed by atoms with E-state index < -0.39 is 0 Å². The van der Waals surface area contributed by atoms with E-state index in [0.29, 0.717) is 0 Å². The van der Waals surface area contributed by atoms with Crippen molar-refractivity contribution in [1.82, 2.24) is 0 Å². The quantitative estimate of drug-likeness (QED) is 0.430. The van der Waals surface area contributed by atoms with Gasteiger partial charge in [0.05, 0.1) is 0 Å². The second-order valence-corrected chi connectivity index (χ2v) is 5.24. The van der Waals surface area contributed by atoms with E-state index in [1.165, 1.54) is 64.2 Å². The Kier molecular flexibility index (Phi) is 11.8. The molecule has 1 aliphatic carbocycles. The van der Waals surface area contributed by atoms with Crippen molar-refractivity contribution in [3.63, 3.8) is 0 Å². The lowest BCUT2D eigenvalue weighted by molar-refractivity contribution is 0.962. The summed E-state index contributed by atoms with van der Waals surface area (Å²) in [7, 11) is 0. The van der Waals surface area contributed by atoms with Crippen molar-refractivity contribution in [2.75, 3.05) is 0 Å². The van der Waals surface area contributed by atoms with Gasteiger partial charge in [-0.2, -0.15) is 0 Å². The van der Waals surface area contributed by atoms with Gasteiger partial charge in [0.15, 0.2) is 0 Å². The maximum Gasteiger partial charge on any atom is -0.0316 e. The zero-order chi connectivity index (χ0) is 14.1. The summed E-state index contributed by atoms with van der Waals surface area (Å²) in [6.07, 6.45) is 35.0. The zero-order valence-corrected chi connectivity index (χ0v) is 12.8. The van der Waals surface area contributed by atoms with Crippen LogP contribution in [-0.2, 0) is 0 Å². The molecule has 0 aromatic carbocycles. The maximum atomic E-state index is 2.32. The third-order valence-electron chi connectivity index (χ3n) is 3.33. The van der Waals surface area contributed by atoms with E-state index in [1.54, 1.807) is 0 Å². The minimum absolute atomic E-state index is 1.18. The van der Waals surface area contributed by atoms with Gasteiger partial charge in [0.2, 0.25) is 0 Å². The van der Waals surface area contributed by atoms with E-state index in [9.17, 15) is 0 Å². The van der Waals surface area contributed by atoms with E-state index in [4.69, 9.17) is 0 Å². The minimum atomic E-state index is 1.18. The maximum absolute atomic E-state index is 2.32. The highest BCUT2D eigenvalue weighted by Crippen LogP contribution is 2.03. The molecule has 0 saturated heterocycles. The van der Waals surface area contributed by atoms with Crippen molar-refractivity contribution in [2.24, 2.45) is 0 Å². The Hall–Kier alpha value is -1.30. The summed E-state index contributed by atoms with van der Waals surface area (Å²) >= 11 is 0. The third-order valence-corrected chi connectivity index (χ3v) is 3.33. The molecule has 0 aliphatic heterocycles. The van der Waals surface area contributed by atoms with Gasteiger partial charge < -0.3 is 0 Å². The molecular weight excluding hydrogens is 240 g/mol. The Morgan fingerprint density at radius 3 is 0.400 bits per heavy atom. The summed E-state index contributed by atoms with van der Waals surface area (Å²) in [6.45, 7) is 0. The van der Waals surface area contributed by atoms with Crippen LogP contribution in [0.1, 0.15) is 64.2 Å². The molecular formula is C20H30. The molecule has 110 valence electrons. The smallest absolute Gasteiger partial charge is 0.0316 e. The van der Waals surface area contributed by atoms with Gasteiger partial charge in [-0.3, -0.25) is 0 Å². The van der Waals surface area contributed by atoms with Gasteiger partial charge in [-0.05, 0) is 64.2 Å².